The molecule has 0 aliphatic heterocycles. The molecule has 1 N–H and O–H groups in total. The zero-order chi connectivity index (χ0) is 15.2. The van der Waals surface area contributed by atoms with Gasteiger partial charge >= 0.3 is 0 Å². The molecule has 0 radical (unpaired) electrons. The molecule has 0 bridgehead atoms. The van der Waals surface area contributed by atoms with Crippen molar-refractivity contribution in [2.24, 2.45) is 0 Å². The standard InChI is InChI=1S/C17H21ClN2O/c1-12(2)20-10-14-4-5-17(16(18)7-14)21-11-15-6-13(3)8-19-9-15/h4-9,12,20H,10-11H2,1-3H3. The third-order valence-electron chi connectivity index (χ3n) is 3.04. The molecule has 112 valence electrons. The Kier molecular flexibility index (Phi) is 5.59. The van der Waals surface area contributed by atoms with Crippen molar-refractivity contribution < 1.29 is 4.74 Å². The van der Waals surface area contributed by atoms with Gasteiger partial charge in [-0.2, -0.15) is 0 Å². The molecule has 0 aliphatic carbocycles. The number of halogens is 1. The number of pyridine rings is 1. The highest BCUT2D eigenvalue weighted by Gasteiger charge is 2.05. The molecule has 0 unspecified atom stereocenters. The van der Waals surface area contributed by atoms with Crippen molar-refractivity contribution in [2.75, 3.05) is 0 Å². The molecule has 3 nitrogen and oxygen atoms in total. The van der Waals surface area contributed by atoms with E-state index in [2.05, 4.69) is 30.2 Å². The van der Waals surface area contributed by atoms with Crippen LogP contribution in [-0.2, 0) is 13.2 Å². The molecule has 4 heteroatoms. The lowest BCUT2D eigenvalue weighted by Crippen LogP contribution is -2.21. The van der Waals surface area contributed by atoms with E-state index < -0.39 is 0 Å². The van der Waals surface area contributed by atoms with E-state index in [1.54, 1.807) is 0 Å². The molecule has 0 fully saturated rings. The lowest BCUT2D eigenvalue weighted by molar-refractivity contribution is 0.306. The molecule has 1 heterocycles. The molecule has 0 amide bonds. The molecule has 1 aromatic carbocycles. The van der Waals surface area contributed by atoms with Crippen molar-refractivity contribution in [3.8, 4) is 5.75 Å². The Morgan fingerprint density at radius 3 is 2.67 bits per heavy atom. The molecule has 2 rings (SSSR count). The normalized spacial score (nSPS) is 10.9. The van der Waals surface area contributed by atoms with Crippen LogP contribution in [0.1, 0.15) is 30.5 Å². The van der Waals surface area contributed by atoms with Gasteiger partial charge in [0.1, 0.15) is 12.4 Å². The number of rotatable bonds is 6. The highest BCUT2D eigenvalue weighted by Crippen LogP contribution is 2.26. The summed E-state index contributed by atoms with van der Waals surface area (Å²) in [7, 11) is 0. The summed E-state index contributed by atoms with van der Waals surface area (Å²) in [4.78, 5) is 4.15. The van der Waals surface area contributed by atoms with Crippen molar-refractivity contribution >= 4 is 11.6 Å². The highest BCUT2D eigenvalue weighted by atomic mass is 35.5. The van der Waals surface area contributed by atoms with Gasteiger partial charge in [-0.1, -0.05) is 31.5 Å². The van der Waals surface area contributed by atoms with Gasteiger partial charge in [0, 0.05) is 30.5 Å². The minimum atomic E-state index is 0.452. The number of nitrogens with zero attached hydrogens (tertiary/aromatic N) is 1. The van der Waals surface area contributed by atoms with Gasteiger partial charge in [0.25, 0.3) is 0 Å². The second-order valence-electron chi connectivity index (χ2n) is 5.46. The third kappa shape index (κ3) is 5.03. The van der Waals surface area contributed by atoms with Gasteiger partial charge in [-0.05, 0) is 36.2 Å². The van der Waals surface area contributed by atoms with Crippen LogP contribution in [0.4, 0.5) is 0 Å². The Hall–Kier alpha value is -1.58. The number of aryl methyl sites for hydroxylation is 1. The van der Waals surface area contributed by atoms with E-state index in [0.29, 0.717) is 23.4 Å². The molecular weight excluding hydrogens is 284 g/mol. The van der Waals surface area contributed by atoms with Crippen molar-refractivity contribution in [1.29, 1.82) is 0 Å². The van der Waals surface area contributed by atoms with Crippen molar-refractivity contribution in [3.63, 3.8) is 0 Å². The topological polar surface area (TPSA) is 34.1 Å². The van der Waals surface area contributed by atoms with Crippen LogP contribution in [0, 0.1) is 6.92 Å². The second-order valence-corrected chi connectivity index (χ2v) is 5.87. The Labute approximate surface area is 131 Å². The largest absolute Gasteiger partial charge is 0.487 e. The maximum absolute atomic E-state index is 6.27. The van der Waals surface area contributed by atoms with E-state index in [9.17, 15) is 0 Å². The van der Waals surface area contributed by atoms with E-state index in [-0.39, 0.29) is 0 Å². The third-order valence-corrected chi connectivity index (χ3v) is 3.33. The fraction of sp³-hybridized carbons (Fsp3) is 0.353. The van der Waals surface area contributed by atoms with Crippen LogP contribution in [-0.4, -0.2) is 11.0 Å². The average molecular weight is 305 g/mol. The first-order valence-corrected chi connectivity index (χ1v) is 7.47. The Balaban J connectivity index is 1.97. The smallest absolute Gasteiger partial charge is 0.138 e. The average Bonchev–Trinajstić information content (AvgIpc) is 2.44. The Morgan fingerprint density at radius 1 is 1.19 bits per heavy atom. The van der Waals surface area contributed by atoms with Gasteiger partial charge in [0.05, 0.1) is 5.02 Å². The molecule has 2 aromatic rings. The van der Waals surface area contributed by atoms with Gasteiger partial charge in [-0.15, -0.1) is 0 Å². The Bertz CT molecular complexity index is 599. The predicted molar refractivity (Wildman–Crippen MR) is 86.7 cm³/mol. The van der Waals surface area contributed by atoms with Crippen LogP contribution >= 0.6 is 11.6 Å². The van der Waals surface area contributed by atoms with Gasteiger partial charge in [0.2, 0.25) is 0 Å². The number of hydrogen-bond donors (Lipinski definition) is 1. The van der Waals surface area contributed by atoms with Crippen molar-refractivity contribution in [1.82, 2.24) is 10.3 Å². The van der Waals surface area contributed by atoms with Gasteiger partial charge < -0.3 is 10.1 Å². The monoisotopic (exact) mass is 304 g/mol. The van der Waals surface area contributed by atoms with Gasteiger partial charge in [0.15, 0.2) is 0 Å². The first kappa shape index (κ1) is 15.8. The summed E-state index contributed by atoms with van der Waals surface area (Å²) in [5.74, 6) is 0.700. The molecule has 0 spiro atoms. The van der Waals surface area contributed by atoms with E-state index in [0.717, 1.165) is 23.2 Å². The molecular formula is C17H21ClN2O. The molecule has 0 saturated carbocycles. The summed E-state index contributed by atoms with van der Waals surface area (Å²) < 4.78 is 5.77. The summed E-state index contributed by atoms with van der Waals surface area (Å²) in [5, 5.41) is 4.00. The number of ether oxygens (including phenoxy) is 1. The fourth-order valence-electron chi connectivity index (χ4n) is 1.95. The lowest BCUT2D eigenvalue weighted by atomic mass is 10.2. The number of benzene rings is 1. The van der Waals surface area contributed by atoms with Crippen LogP contribution < -0.4 is 10.1 Å². The molecule has 1 aromatic heterocycles. The van der Waals surface area contributed by atoms with Crippen molar-refractivity contribution in [3.05, 3.63) is 58.4 Å². The molecule has 0 saturated heterocycles. The maximum Gasteiger partial charge on any atom is 0.138 e. The summed E-state index contributed by atoms with van der Waals surface area (Å²) in [6, 6.07) is 8.41. The quantitative estimate of drug-likeness (QED) is 0.871. The SMILES string of the molecule is Cc1cncc(COc2ccc(CNC(C)C)cc2Cl)c1. The maximum atomic E-state index is 6.27. The summed E-state index contributed by atoms with van der Waals surface area (Å²) in [5.41, 5.74) is 3.31. The van der Waals surface area contributed by atoms with Gasteiger partial charge in [-0.3, -0.25) is 4.98 Å². The van der Waals surface area contributed by atoms with E-state index in [4.69, 9.17) is 16.3 Å². The zero-order valence-corrected chi connectivity index (χ0v) is 13.4. The summed E-state index contributed by atoms with van der Waals surface area (Å²) in [6.45, 7) is 7.53. The molecule has 0 atom stereocenters. The van der Waals surface area contributed by atoms with E-state index >= 15 is 0 Å². The van der Waals surface area contributed by atoms with Crippen LogP contribution in [0.3, 0.4) is 0 Å². The fourth-order valence-corrected chi connectivity index (χ4v) is 2.21. The van der Waals surface area contributed by atoms with Crippen LogP contribution in [0.15, 0.2) is 36.7 Å². The highest BCUT2D eigenvalue weighted by molar-refractivity contribution is 6.32. The number of aromatic nitrogens is 1. The summed E-state index contributed by atoms with van der Waals surface area (Å²) in [6.07, 6.45) is 3.63. The number of nitrogens with one attached hydrogen (secondary N) is 1. The number of hydrogen-bond acceptors (Lipinski definition) is 3. The van der Waals surface area contributed by atoms with Gasteiger partial charge in [-0.25, -0.2) is 0 Å². The molecule has 21 heavy (non-hydrogen) atoms. The van der Waals surface area contributed by atoms with Crippen LogP contribution in [0.25, 0.3) is 0 Å². The van der Waals surface area contributed by atoms with Crippen molar-refractivity contribution in [2.45, 2.75) is 40.0 Å². The van der Waals surface area contributed by atoms with E-state index in [1.165, 1.54) is 0 Å². The summed E-state index contributed by atoms with van der Waals surface area (Å²) >= 11 is 6.27. The molecule has 0 aliphatic rings. The van der Waals surface area contributed by atoms with E-state index in [1.807, 2.05) is 37.5 Å². The second kappa shape index (κ2) is 7.43. The Morgan fingerprint density at radius 2 is 2.00 bits per heavy atom. The lowest BCUT2D eigenvalue weighted by Gasteiger charge is -2.11. The van der Waals surface area contributed by atoms with Crippen LogP contribution in [0.5, 0.6) is 5.75 Å². The first-order chi connectivity index (χ1) is 10.0. The van der Waals surface area contributed by atoms with Crippen LogP contribution in [0.2, 0.25) is 5.02 Å². The minimum Gasteiger partial charge on any atom is -0.487 e. The minimum absolute atomic E-state index is 0.452. The zero-order valence-electron chi connectivity index (χ0n) is 12.7. The predicted octanol–water partition coefficient (Wildman–Crippen LogP) is 4.12. The first-order valence-electron chi connectivity index (χ1n) is 7.09.